The van der Waals surface area contributed by atoms with Crippen molar-refractivity contribution in [3.05, 3.63) is 0 Å². The lowest BCUT2D eigenvalue weighted by Gasteiger charge is -2.46. The van der Waals surface area contributed by atoms with Gasteiger partial charge in [-0.15, -0.1) is 0 Å². The minimum Gasteiger partial charge on any atom is -0.457 e. The average Bonchev–Trinajstić information content (AvgIpc) is 2.21. The number of esters is 1. The second-order valence-electron chi connectivity index (χ2n) is 4.56. The van der Waals surface area contributed by atoms with Crippen LogP contribution in [0.3, 0.4) is 0 Å². The molecule has 0 amide bonds. The van der Waals surface area contributed by atoms with Crippen molar-refractivity contribution in [2.75, 3.05) is 6.61 Å². The zero-order valence-electron chi connectivity index (χ0n) is 10.5. The van der Waals surface area contributed by atoms with Crippen LogP contribution in [0.4, 0.5) is 0 Å². The Morgan fingerprint density at radius 3 is 2.41 bits per heavy atom. The van der Waals surface area contributed by atoms with Crippen molar-refractivity contribution in [1.29, 1.82) is 0 Å². The first-order chi connectivity index (χ1) is 7.79. The first kappa shape index (κ1) is 14.4. The van der Waals surface area contributed by atoms with Crippen molar-refractivity contribution in [2.24, 2.45) is 0 Å². The van der Waals surface area contributed by atoms with E-state index in [1.165, 1.54) is 6.92 Å². The SMILES string of the molecule is CCOC1OC(C)(C)[C@@H](OC(C)=O)C(O)C1O. The normalized spacial score (nSPS) is 36.6. The van der Waals surface area contributed by atoms with E-state index in [-0.39, 0.29) is 0 Å². The Kier molecular flexibility index (Phi) is 4.48. The Morgan fingerprint density at radius 1 is 1.35 bits per heavy atom. The second-order valence-corrected chi connectivity index (χ2v) is 4.56. The number of ether oxygens (including phenoxy) is 3. The summed E-state index contributed by atoms with van der Waals surface area (Å²) in [5.41, 5.74) is -0.926. The standard InChI is InChI=1S/C11H20O6/c1-5-15-10-8(14)7(13)9(16-6(2)12)11(3,4)17-10/h7-10,13-14H,5H2,1-4H3/t7?,8?,9-,10?/m0/s1. The smallest absolute Gasteiger partial charge is 0.303 e. The van der Waals surface area contributed by atoms with Crippen molar-refractivity contribution < 1.29 is 29.2 Å². The third-order valence-corrected chi connectivity index (χ3v) is 2.67. The van der Waals surface area contributed by atoms with E-state index in [2.05, 4.69) is 0 Å². The van der Waals surface area contributed by atoms with Gasteiger partial charge in [0, 0.05) is 13.5 Å². The van der Waals surface area contributed by atoms with Crippen molar-refractivity contribution in [3.63, 3.8) is 0 Å². The number of aliphatic hydroxyl groups is 2. The molecule has 17 heavy (non-hydrogen) atoms. The lowest BCUT2D eigenvalue weighted by molar-refractivity contribution is -0.323. The third-order valence-electron chi connectivity index (χ3n) is 2.67. The number of rotatable bonds is 3. The summed E-state index contributed by atoms with van der Waals surface area (Å²) in [7, 11) is 0. The molecule has 1 aliphatic rings. The molecule has 0 spiro atoms. The zero-order chi connectivity index (χ0) is 13.2. The van der Waals surface area contributed by atoms with E-state index in [1.807, 2.05) is 0 Å². The molecule has 0 aliphatic carbocycles. The Labute approximate surface area is 100 Å². The molecule has 0 bridgehead atoms. The fourth-order valence-corrected chi connectivity index (χ4v) is 1.87. The van der Waals surface area contributed by atoms with Crippen molar-refractivity contribution in [3.8, 4) is 0 Å². The van der Waals surface area contributed by atoms with Crippen LogP contribution in [0, 0.1) is 0 Å². The maximum Gasteiger partial charge on any atom is 0.303 e. The number of hydrogen-bond donors (Lipinski definition) is 2. The minimum absolute atomic E-state index is 0.350. The molecule has 6 heteroatoms. The van der Waals surface area contributed by atoms with Gasteiger partial charge in [0.2, 0.25) is 0 Å². The van der Waals surface area contributed by atoms with Crippen molar-refractivity contribution in [2.45, 2.75) is 57.9 Å². The van der Waals surface area contributed by atoms with Gasteiger partial charge >= 0.3 is 5.97 Å². The van der Waals surface area contributed by atoms with Gasteiger partial charge in [-0.2, -0.15) is 0 Å². The molecule has 1 heterocycles. The molecule has 1 rings (SSSR count). The predicted octanol–water partition coefficient (Wildman–Crippen LogP) is -0.189. The molecule has 2 N–H and O–H groups in total. The van der Waals surface area contributed by atoms with Crippen LogP contribution >= 0.6 is 0 Å². The molecule has 1 aliphatic heterocycles. The molecular formula is C11H20O6. The van der Waals surface area contributed by atoms with Crippen LogP contribution in [0.5, 0.6) is 0 Å². The lowest BCUT2D eigenvalue weighted by atomic mass is 9.89. The molecular weight excluding hydrogens is 228 g/mol. The van der Waals surface area contributed by atoms with E-state index in [4.69, 9.17) is 14.2 Å². The summed E-state index contributed by atoms with van der Waals surface area (Å²) in [5, 5.41) is 19.7. The van der Waals surface area contributed by atoms with Crippen LogP contribution in [0.2, 0.25) is 0 Å². The largest absolute Gasteiger partial charge is 0.457 e. The molecule has 4 atom stereocenters. The van der Waals surface area contributed by atoms with Crippen LogP contribution in [0.15, 0.2) is 0 Å². The Balaban J connectivity index is 2.84. The quantitative estimate of drug-likeness (QED) is 0.673. The highest BCUT2D eigenvalue weighted by Crippen LogP contribution is 2.32. The van der Waals surface area contributed by atoms with E-state index < -0.39 is 36.2 Å². The monoisotopic (exact) mass is 248 g/mol. The summed E-state index contributed by atoms with van der Waals surface area (Å²) in [4.78, 5) is 11.0. The van der Waals surface area contributed by atoms with Gasteiger partial charge in [0.05, 0.1) is 0 Å². The van der Waals surface area contributed by atoms with Gasteiger partial charge in [0.1, 0.15) is 17.8 Å². The Morgan fingerprint density at radius 2 is 1.94 bits per heavy atom. The lowest BCUT2D eigenvalue weighted by Crippen LogP contribution is -2.63. The molecule has 0 aromatic rings. The Hall–Kier alpha value is -0.690. The van der Waals surface area contributed by atoms with Gasteiger partial charge in [-0.05, 0) is 20.8 Å². The summed E-state index contributed by atoms with van der Waals surface area (Å²) in [6.45, 7) is 6.68. The fourth-order valence-electron chi connectivity index (χ4n) is 1.87. The highest BCUT2D eigenvalue weighted by Gasteiger charge is 2.51. The van der Waals surface area contributed by atoms with Gasteiger partial charge in [-0.25, -0.2) is 0 Å². The maximum atomic E-state index is 11.0. The summed E-state index contributed by atoms with van der Waals surface area (Å²) >= 11 is 0. The van der Waals surface area contributed by atoms with Crippen LogP contribution < -0.4 is 0 Å². The highest BCUT2D eigenvalue weighted by atomic mass is 16.7. The van der Waals surface area contributed by atoms with E-state index in [9.17, 15) is 15.0 Å². The van der Waals surface area contributed by atoms with Gasteiger partial charge in [-0.3, -0.25) is 4.79 Å². The van der Waals surface area contributed by atoms with Crippen LogP contribution in [0.1, 0.15) is 27.7 Å². The minimum atomic E-state index is -1.24. The van der Waals surface area contributed by atoms with E-state index >= 15 is 0 Å². The predicted molar refractivity (Wildman–Crippen MR) is 58.1 cm³/mol. The zero-order valence-corrected chi connectivity index (χ0v) is 10.5. The first-order valence-corrected chi connectivity index (χ1v) is 5.62. The van der Waals surface area contributed by atoms with E-state index in [1.54, 1.807) is 20.8 Å². The number of hydrogen-bond acceptors (Lipinski definition) is 6. The molecule has 6 nitrogen and oxygen atoms in total. The van der Waals surface area contributed by atoms with E-state index in [0.29, 0.717) is 6.61 Å². The van der Waals surface area contributed by atoms with Gasteiger partial charge in [0.15, 0.2) is 12.4 Å². The summed E-state index contributed by atoms with van der Waals surface area (Å²) < 4.78 is 15.7. The molecule has 0 radical (unpaired) electrons. The average molecular weight is 248 g/mol. The van der Waals surface area contributed by atoms with Crippen molar-refractivity contribution >= 4 is 5.97 Å². The van der Waals surface area contributed by atoms with Gasteiger partial charge in [0.25, 0.3) is 0 Å². The summed E-state index contributed by atoms with van der Waals surface area (Å²) in [6.07, 6.45) is -4.32. The first-order valence-electron chi connectivity index (χ1n) is 5.62. The van der Waals surface area contributed by atoms with Gasteiger partial charge in [-0.1, -0.05) is 0 Å². The summed E-state index contributed by atoms with van der Waals surface area (Å²) in [6, 6.07) is 0. The molecule has 1 saturated heterocycles. The van der Waals surface area contributed by atoms with Gasteiger partial charge < -0.3 is 24.4 Å². The van der Waals surface area contributed by atoms with Crippen LogP contribution in [0.25, 0.3) is 0 Å². The number of carbonyl (C=O) groups is 1. The van der Waals surface area contributed by atoms with E-state index in [0.717, 1.165) is 0 Å². The van der Waals surface area contributed by atoms with Crippen LogP contribution in [-0.2, 0) is 19.0 Å². The number of carbonyl (C=O) groups excluding carboxylic acids is 1. The van der Waals surface area contributed by atoms with Crippen molar-refractivity contribution in [1.82, 2.24) is 0 Å². The Bertz CT molecular complexity index is 277. The molecule has 0 aromatic carbocycles. The van der Waals surface area contributed by atoms with Crippen LogP contribution in [-0.4, -0.2) is 53.0 Å². The third kappa shape index (κ3) is 3.16. The number of aliphatic hydroxyl groups excluding tert-OH is 2. The molecule has 3 unspecified atom stereocenters. The maximum absolute atomic E-state index is 11.0. The molecule has 0 saturated carbocycles. The molecule has 0 aromatic heterocycles. The highest BCUT2D eigenvalue weighted by molar-refractivity contribution is 5.66. The molecule has 1 fully saturated rings. The fraction of sp³-hybridized carbons (Fsp3) is 0.909. The topological polar surface area (TPSA) is 85.2 Å². The summed E-state index contributed by atoms with van der Waals surface area (Å²) in [5.74, 6) is -0.534. The molecule has 100 valence electrons. The second kappa shape index (κ2) is 5.30.